The summed E-state index contributed by atoms with van der Waals surface area (Å²) in [6.45, 7) is 9.58. The molecule has 1 aliphatic rings. The van der Waals surface area contributed by atoms with E-state index in [2.05, 4.69) is 51.2 Å². The molecule has 2 nitrogen and oxygen atoms in total. The van der Waals surface area contributed by atoms with Gasteiger partial charge < -0.3 is 10.1 Å². The second-order valence-electron chi connectivity index (χ2n) is 5.69. The molecule has 0 fully saturated rings. The molecule has 1 aromatic carbocycles. The zero-order chi connectivity index (χ0) is 11.8. The van der Waals surface area contributed by atoms with Gasteiger partial charge in [-0.1, -0.05) is 17.7 Å². The number of aryl methyl sites for hydroxylation is 1. The van der Waals surface area contributed by atoms with Gasteiger partial charge in [-0.2, -0.15) is 0 Å². The predicted molar refractivity (Wildman–Crippen MR) is 67.1 cm³/mol. The Kier molecular flexibility index (Phi) is 2.94. The Morgan fingerprint density at radius 3 is 2.81 bits per heavy atom. The van der Waals surface area contributed by atoms with Crippen LogP contribution in [0.2, 0.25) is 0 Å². The van der Waals surface area contributed by atoms with E-state index in [9.17, 15) is 0 Å². The smallest absolute Gasteiger partial charge is 0.123 e. The van der Waals surface area contributed by atoms with Crippen molar-refractivity contribution in [3.63, 3.8) is 0 Å². The van der Waals surface area contributed by atoms with Crippen LogP contribution in [0.15, 0.2) is 18.2 Å². The van der Waals surface area contributed by atoms with Gasteiger partial charge in [-0.25, -0.2) is 0 Å². The maximum Gasteiger partial charge on any atom is 0.123 e. The van der Waals surface area contributed by atoms with Crippen LogP contribution in [0.1, 0.15) is 31.9 Å². The molecule has 0 bridgehead atoms. The van der Waals surface area contributed by atoms with Gasteiger partial charge in [-0.15, -0.1) is 0 Å². The molecule has 0 spiro atoms. The van der Waals surface area contributed by atoms with Gasteiger partial charge in [0.1, 0.15) is 11.9 Å². The van der Waals surface area contributed by atoms with Crippen molar-refractivity contribution in [3.8, 4) is 5.75 Å². The molecular weight excluding hydrogens is 198 g/mol. The standard InChI is InChI=1S/C14H21NO/c1-10-5-6-13-11(7-10)8-12(16-13)9-15-14(2,3)4/h5-7,12,15H,8-9H2,1-4H3. The summed E-state index contributed by atoms with van der Waals surface area (Å²) in [6, 6.07) is 6.42. The lowest BCUT2D eigenvalue weighted by Crippen LogP contribution is -2.42. The van der Waals surface area contributed by atoms with E-state index >= 15 is 0 Å². The Balaban J connectivity index is 1.95. The van der Waals surface area contributed by atoms with E-state index in [1.165, 1.54) is 11.1 Å². The van der Waals surface area contributed by atoms with Gasteiger partial charge in [0.2, 0.25) is 0 Å². The van der Waals surface area contributed by atoms with Crippen molar-refractivity contribution >= 4 is 0 Å². The molecule has 2 rings (SSSR count). The van der Waals surface area contributed by atoms with Crippen LogP contribution in [0.4, 0.5) is 0 Å². The third-order valence-electron chi connectivity index (χ3n) is 2.82. The minimum absolute atomic E-state index is 0.161. The van der Waals surface area contributed by atoms with E-state index in [4.69, 9.17) is 4.74 Å². The molecule has 1 heterocycles. The highest BCUT2D eigenvalue weighted by atomic mass is 16.5. The molecule has 0 aromatic heterocycles. The molecule has 0 saturated heterocycles. The topological polar surface area (TPSA) is 21.3 Å². The van der Waals surface area contributed by atoms with Crippen LogP contribution in [0.25, 0.3) is 0 Å². The second-order valence-corrected chi connectivity index (χ2v) is 5.69. The van der Waals surface area contributed by atoms with Crippen molar-refractivity contribution in [1.29, 1.82) is 0 Å². The number of rotatable bonds is 2. The van der Waals surface area contributed by atoms with E-state index in [1.54, 1.807) is 0 Å². The van der Waals surface area contributed by atoms with Gasteiger partial charge in [0.15, 0.2) is 0 Å². The summed E-state index contributed by atoms with van der Waals surface area (Å²) in [7, 11) is 0. The van der Waals surface area contributed by atoms with Crippen molar-refractivity contribution in [3.05, 3.63) is 29.3 Å². The second kappa shape index (κ2) is 4.10. The van der Waals surface area contributed by atoms with Crippen molar-refractivity contribution in [2.45, 2.75) is 45.8 Å². The molecule has 0 radical (unpaired) electrons. The number of benzene rings is 1. The minimum atomic E-state index is 0.161. The van der Waals surface area contributed by atoms with E-state index in [0.717, 1.165) is 18.7 Å². The van der Waals surface area contributed by atoms with Crippen LogP contribution in [0.3, 0.4) is 0 Å². The summed E-state index contributed by atoms with van der Waals surface area (Å²) in [5.74, 6) is 1.06. The lowest BCUT2D eigenvalue weighted by Gasteiger charge is -2.22. The highest BCUT2D eigenvalue weighted by molar-refractivity contribution is 5.40. The van der Waals surface area contributed by atoms with E-state index in [1.807, 2.05) is 0 Å². The zero-order valence-corrected chi connectivity index (χ0v) is 10.6. The largest absolute Gasteiger partial charge is 0.488 e. The van der Waals surface area contributed by atoms with Gasteiger partial charge in [0.05, 0.1) is 0 Å². The Hall–Kier alpha value is -1.02. The van der Waals surface area contributed by atoms with E-state index < -0.39 is 0 Å². The van der Waals surface area contributed by atoms with Gasteiger partial charge in [0.25, 0.3) is 0 Å². The molecule has 16 heavy (non-hydrogen) atoms. The summed E-state index contributed by atoms with van der Waals surface area (Å²) < 4.78 is 5.89. The first kappa shape index (κ1) is 11.5. The highest BCUT2D eigenvalue weighted by Gasteiger charge is 2.23. The molecule has 88 valence electrons. The SMILES string of the molecule is Cc1ccc2c(c1)CC(CNC(C)(C)C)O2. The predicted octanol–water partition coefficient (Wildman–Crippen LogP) is 2.69. The molecule has 1 unspecified atom stereocenters. The third kappa shape index (κ3) is 2.76. The lowest BCUT2D eigenvalue weighted by atomic mass is 10.1. The summed E-state index contributed by atoms with van der Waals surface area (Å²) in [5, 5.41) is 3.49. The van der Waals surface area contributed by atoms with Crippen molar-refractivity contribution in [2.75, 3.05) is 6.54 Å². The highest BCUT2D eigenvalue weighted by Crippen LogP contribution is 2.29. The van der Waals surface area contributed by atoms with Crippen LogP contribution in [0.5, 0.6) is 5.75 Å². The lowest BCUT2D eigenvalue weighted by molar-refractivity contribution is 0.212. The van der Waals surface area contributed by atoms with Gasteiger partial charge in [0, 0.05) is 18.5 Å². The fraction of sp³-hybridized carbons (Fsp3) is 0.571. The molecule has 1 atom stereocenters. The number of fused-ring (bicyclic) bond motifs is 1. The third-order valence-corrected chi connectivity index (χ3v) is 2.82. The Bertz CT molecular complexity index is 379. The van der Waals surface area contributed by atoms with Crippen LogP contribution in [-0.2, 0) is 6.42 Å². The summed E-state index contributed by atoms with van der Waals surface area (Å²) in [4.78, 5) is 0. The fourth-order valence-electron chi connectivity index (χ4n) is 1.98. The van der Waals surface area contributed by atoms with Gasteiger partial charge in [-0.3, -0.25) is 0 Å². The first-order valence-corrected chi connectivity index (χ1v) is 5.95. The van der Waals surface area contributed by atoms with Crippen LogP contribution in [0, 0.1) is 6.92 Å². The quantitative estimate of drug-likeness (QED) is 0.825. The Morgan fingerprint density at radius 1 is 1.38 bits per heavy atom. The van der Waals surface area contributed by atoms with E-state index in [0.29, 0.717) is 0 Å². The van der Waals surface area contributed by atoms with Crippen molar-refractivity contribution in [1.82, 2.24) is 5.32 Å². The molecule has 1 N–H and O–H groups in total. The Labute approximate surface area is 98.0 Å². The average molecular weight is 219 g/mol. The Morgan fingerprint density at radius 2 is 2.12 bits per heavy atom. The average Bonchev–Trinajstić information content (AvgIpc) is 2.55. The molecule has 0 saturated carbocycles. The van der Waals surface area contributed by atoms with Crippen LogP contribution < -0.4 is 10.1 Å². The summed E-state index contributed by atoms with van der Waals surface area (Å²) in [6.07, 6.45) is 1.32. The molecule has 2 heteroatoms. The fourth-order valence-corrected chi connectivity index (χ4v) is 1.98. The van der Waals surface area contributed by atoms with Gasteiger partial charge in [-0.05, 0) is 39.3 Å². The first-order chi connectivity index (χ1) is 7.44. The normalized spacial score (nSPS) is 19.4. The van der Waals surface area contributed by atoms with Crippen LogP contribution in [-0.4, -0.2) is 18.2 Å². The minimum Gasteiger partial charge on any atom is -0.488 e. The van der Waals surface area contributed by atoms with Gasteiger partial charge >= 0.3 is 0 Å². The number of hydrogen-bond donors (Lipinski definition) is 1. The monoisotopic (exact) mass is 219 g/mol. The maximum absolute atomic E-state index is 5.89. The van der Waals surface area contributed by atoms with Crippen LogP contribution >= 0.6 is 0 Å². The first-order valence-electron chi connectivity index (χ1n) is 5.95. The van der Waals surface area contributed by atoms with E-state index in [-0.39, 0.29) is 11.6 Å². The molecule has 0 aliphatic carbocycles. The van der Waals surface area contributed by atoms with Crippen molar-refractivity contribution < 1.29 is 4.74 Å². The number of nitrogens with one attached hydrogen (secondary N) is 1. The zero-order valence-electron chi connectivity index (χ0n) is 10.6. The summed E-state index contributed by atoms with van der Waals surface area (Å²) in [5.41, 5.74) is 2.82. The molecule has 1 aromatic rings. The maximum atomic E-state index is 5.89. The molecule has 1 aliphatic heterocycles. The van der Waals surface area contributed by atoms with Crippen molar-refractivity contribution in [2.24, 2.45) is 0 Å². The summed E-state index contributed by atoms with van der Waals surface area (Å²) >= 11 is 0. The molecule has 0 amide bonds. The number of ether oxygens (including phenoxy) is 1. The number of hydrogen-bond acceptors (Lipinski definition) is 2. The molecular formula is C14H21NO.